The lowest BCUT2D eigenvalue weighted by Crippen LogP contribution is -2.24. The molecule has 0 radical (unpaired) electrons. The molecule has 0 aliphatic carbocycles. The molecule has 0 saturated heterocycles. The predicted molar refractivity (Wildman–Crippen MR) is 66.6 cm³/mol. The van der Waals surface area contributed by atoms with Crippen LogP contribution in [0.25, 0.3) is 0 Å². The normalized spacial score (nSPS) is 16.9. The van der Waals surface area contributed by atoms with Gasteiger partial charge in [0.1, 0.15) is 0 Å². The predicted octanol–water partition coefficient (Wildman–Crippen LogP) is 2.54. The molecule has 0 amide bonds. The summed E-state index contributed by atoms with van der Waals surface area (Å²) in [6.45, 7) is 7.89. The zero-order chi connectivity index (χ0) is 12.3. The Morgan fingerprint density at radius 3 is 2.19 bits per heavy atom. The van der Waals surface area contributed by atoms with Crippen LogP contribution in [0.2, 0.25) is 0 Å². The zero-order valence-corrected chi connectivity index (χ0v) is 10.6. The van der Waals surface area contributed by atoms with Crippen LogP contribution in [-0.4, -0.2) is 22.4 Å². The maximum Gasteiger partial charge on any atom is 0.0802 e. The lowest BCUT2D eigenvalue weighted by atomic mass is 9.91. The highest BCUT2D eigenvalue weighted by molar-refractivity contribution is 5.31. The van der Waals surface area contributed by atoms with E-state index in [4.69, 9.17) is 0 Å². The van der Waals surface area contributed by atoms with Crippen LogP contribution >= 0.6 is 0 Å². The molecule has 2 N–H and O–H groups in total. The summed E-state index contributed by atoms with van der Waals surface area (Å²) < 4.78 is 0. The second-order valence-corrected chi connectivity index (χ2v) is 4.79. The molecule has 1 rings (SSSR count). The average molecular weight is 222 g/mol. The lowest BCUT2D eigenvalue weighted by molar-refractivity contribution is 0.0227. The first-order valence-electron chi connectivity index (χ1n) is 5.85. The van der Waals surface area contributed by atoms with Crippen LogP contribution in [0.15, 0.2) is 18.2 Å². The molecule has 0 aromatic heterocycles. The summed E-state index contributed by atoms with van der Waals surface area (Å²) in [7, 11) is 0. The smallest absolute Gasteiger partial charge is 0.0802 e. The van der Waals surface area contributed by atoms with Crippen molar-refractivity contribution in [2.75, 3.05) is 0 Å². The van der Waals surface area contributed by atoms with E-state index in [0.717, 1.165) is 0 Å². The Hall–Kier alpha value is -0.860. The van der Waals surface area contributed by atoms with Crippen LogP contribution in [0.5, 0.6) is 0 Å². The van der Waals surface area contributed by atoms with Crippen molar-refractivity contribution >= 4 is 0 Å². The number of aliphatic hydroxyl groups excluding tert-OH is 2. The summed E-state index contributed by atoms with van der Waals surface area (Å²) in [5, 5.41) is 18.9. The summed E-state index contributed by atoms with van der Waals surface area (Å²) in [5.74, 6) is 0.268. The molecule has 3 atom stereocenters. The van der Waals surface area contributed by atoms with Crippen LogP contribution in [0.3, 0.4) is 0 Å². The first-order valence-corrected chi connectivity index (χ1v) is 5.85. The molecule has 2 nitrogen and oxygen atoms in total. The van der Waals surface area contributed by atoms with E-state index in [9.17, 15) is 10.2 Å². The molecular weight excluding hydrogens is 200 g/mol. The van der Waals surface area contributed by atoms with Crippen molar-refractivity contribution in [2.45, 2.75) is 52.2 Å². The first kappa shape index (κ1) is 13.2. The maximum absolute atomic E-state index is 9.63. The monoisotopic (exact) mass is 222 g/mol. The van der Waals surface area contributed by atoms with Crippen LogP contribution in [0.1, 0.15) is 42.9 Å². The Kier molecular flexibility index (Phi) is 4.51. The minimum atomic E-state index is -0.658. The van der Waals surface area contributed by atoms with Gasteiger partial charge in [-0.3, -0.25) is 0 Å². The summed E-state index contributed by atoms with van der Waals surface area (Å²) in [6, 6.07) is 6.37. The van der Waals surface area contributed by atoms with Crippen molar-refractivity contribution in [2.24, 2.45) is 0 Å². The molecule has 0 bridgehead atoms. The van der Waals surface area contributed by atoms with E-state index >= 15 is 0 Å². The molecule has 1 aromatic carbocycles. The molecule has 0 heterocycles. The minimum absolute atomic E-state index is 0.268. The largest absolute Gasteiger partial charge is 0.391 e. The van der Waals surface area contributed by atoms with Gasteiger partial charge in [-0.15, -0.1) is 0 Å². The number of aliphatic hydroxyl groups is 2. The Morgan fingerprint density at radius 2 is 1.69 bits per heavy atom. The molecule has 1 aromatic rings. The van der Waals surface area contributed by atoms with Crippen LogP contribution in [-0.2, 0) is 0 Å². The number of benzene rings is 1. The fraction of sp³-hybridized carbons (Fsp3) is 0.571. The molecule has 0 spiro atoms. The molecule has 0 aliphatic heterocycles. The third-order valence-electron chi connectivity index (χ3n) is 3.25. The van der Waals surface area contributed by atoms with E-state index in [1.807, 2.05) is 0 Å². The van der Waals surface area contributed by atoms with Crippen molar-refractivity contribution in [1.82, 2.24) is 0 Å². The highest BCUT2D eigenvalue weighted by Gasteiger charge is 2.16. The zero-order valence-electron chi connectivity index (χ0n) is 10.6. The molecule has 0 aliphatic rings. The summed E-state index contributed by atoms with van der Waals surface area (Å²) >= 11 is 0. The van der Waals surface area contributed by atoms with Crippen LogP contribution < -0.4 is 0 Å². The van der Waals surface area contributed by atoms with Gasteiger partial charge in [-0.05, 0) is 49.8 Å². The standard InChI is InChI=1S/C14H22O2/c1-9-5-6-13(7-10(9)2)11(3)8-14(16)12(4)15/h5-7,11-12,14-16H,8H2,1-4H3. The Morgan fingerprint density at radius 1 is 1.06 bits per heavy atom. The first-order chi connectivity index (χ1) is 7.41. The van der Waals surface area contributed by atoms with E-state index in [0.29, 0.717) is 6.42 Å². The quantitative estimate of drug-likeness (QED) is 0.822. The number of aryl methyl sites for hydroxylation is 2. The summed E-state index contributed by atoms with van der Waals surface area (Å²) in [5.41, 5.74) is 3.78. The van der Waals surface area contributed by atoms with Gasteiger partial charge < -0.3 is 10.2 Å². The number of hydrogen-bond acceptors (Lipinski definition) is 2. The van der Waals surface area contributed by atoms with E-state index in [-0.39, 0.29) is 5.92 Å². The maximum atomic E-state index is 9.63. The van der Waals surface area contributed by atoms with Gasteiger partial charge in [0.25, 0.3) is 0 Å². The molecule has 2 heteroatoms. The lowest BCUT2D eigenvalue weighted by Gasteiger charge is -2.19. The van der Waals surface area contributed by atoms with Crippen molar-refractivity contribution in [3.8, 4) is 0 Å². The van der Waals surface area contributed by atoms with Crippen molar-refractivity contribution in [3.05, 3.63) is 34.9 Å². The number of rotatable bonds is 4. The van der Waals surface area contributed by atoms with Crippen LogP contribution in [0.4, 0.5) is 0 Å². The highest BCUT2D eigenvalue weighted by atomic mass is 16.3. The number of hydrogen-bond donors (Lipinski definition) is 2. The van der Waals surface area contributed by atoms with Gasteiger partial charge in [-0.2, -0.15) is 0 Å². The van der Waals surface area contributed by atoms with Gasteiger partial charge in [0.05, 0.1) is 12.2 Å². The SMILES string of the molecule is Cc1ccc(C(C)CC(O)C(C)O)cc1C. The molecular formula is C14H22O2. The van der Waals surface area contributed by atoms with Crippen molar-refractivity contribution < 1.29 is 10.2 Å². The molecule has 0 fully saturated rings. The van der Waals surface area contributed by atoms with Gasteiger partial charge in [-0.25, -0.2) is 0 Å². The van der Waals surface area contributed by atoms with E-state index in [1.165, 1.54) is 16.7 Å². The molecule has 90 valence electrons. The summed E-state index contributed by atoms with van der Waals surface area (Å²) in [6.07, 6.45) is -0.703. The Bertz CT molecular complexity index is 345. The molecule has 3 unspecified atom stereocenters. The van der Waals surface area contributed by atoms with E-state index in [1.54, 1.807) is 6.92 Å². The molecule has 0 saturated carbocycles. The second kappa shape index (κ2) is 5.46. The topological polar surface area (TPSA) is 40.5 Å². The minimum Gasteiger partial charge on any atom is -0.391 e. The Labute approximate surface area is 97.9 Å². The van der Waals surface area contributed by atoms with Gasteiger partial charge in [-0.1, -0.05) is 25.1 Å². The second-order valence-electron chi connectivity index (χ2n) is 4.79. The highest BCUT2D eigenvalue weighted by Crippen LogP contribution is 2.23. The fourth-order valence-corrected chi connectivity index (χ4v) is 1.77. The molecule has 16 heavy (non-hydrogen) atoms. The van der Waals surface area contributed by atoms with Gasteiger partial charge >= 0.3 is 0 Å². The van der Waals surface area contributed by atoms with E-state index < -0.39 is 12.2 Å². The fourth-order valence-electron chi connectivity index (χ4n) is 1.77. The third kappa shape index (κ3) is 3.32. The summed E-state index contributed by atoms with van der Waals surface area (Å²) in [4.78, 5) is 0. The van der Waals surface area contributed by atoms with E-state index in [2.05, 4.69) is 39.0 Å². The van der Waals surface area contributed by atoms with Gasteiger partial charge in [0.2, 0.25) is 0 Å². The van der Waals surface area contributed by atoms with Crippen LogP contribution in [0, 0.1) is 13.8 Å². The van der Waals surface area contributed by atoms with Crippen molar-refractivity contribution in [3.63, 3.8) is 0 Å². The van der Waals surface area contributed by atoms with Gasteiger partial charge in [0.15, 0.2) is 0 Å². The third-order valence-corrected chi connectivity index (χ3v) is 3.25. The van der Waals surface area contributed by atoms with Crippen molar-refractivity contribution in [1.29, 1.82) is 0 Å². The Balaban J connectivity index is 2.73. The van der Waals surface area contributed by atoms with Gasteiger partial charge in [0, 0.05) is 0 Å². The average Bonchev–Trinajstić information content (AvgIpc) is 2.21.